The van der Waals surface area contributed by atoms with Gasteiger partial charge >= 0.3 is 11.9 Å². The lowest BCUT2D eigenvalue weighted by atomic mass is 9.33. The summed E-state index contributed by atoms with van der Waals surface area (Å²) in [6.07, 6.45) is 10.5. The van der Waals surface area contributed by atoms with E-state index in [1.807, 2.05) is 0 Å². The number of carbonyl (C=O) groups excluding carboxylic acids is 4. The van der Waals surface area contributed by atoms with E-state index in [-0.39, 0.29) is 79.3 Å². The van der Waals surface area contributed by atoms with Gasteiger partial charge in [-0.2, -0.15) is 0 Å². The van der Waals surface area contributed by atoms with Crippen molar-refractivity contribution in [2.75, 3.05) is 0 Å². The number of ether oxygens (including phenoxy) is 2. The number of hydrogen-bond acceptors (Lipinski definition) is 8. The van der Waals surface area contributed by atoms with Crippen LogP contribution in [0.5, 0.6) is 17.2 Å². The lowest BCUT2D eigenvalue weighted by molar-refractivity contribution is -0.213. The maximum Gasteiger partial charge on any atom is 0.318 e. The Morgan fingerprint density at radius 3 is 2.25 bits per heavy atom. The number of rotatable bonds is 3. The Morgan fingerprint density at radius 1 is 0.818 bits per heavy atom. The molecule has 3 unspecified atom stereocenters. The molecule has 55 heavy (non-hydrogen) atoms. The van der Waals surface area contributed by atoms with Gasteiger partial charge in [-0.25, -0.2) is 0 Å². The van der Waals surface area contributed by atoms with Gasteiger partial charge in [-0.05, 0) is 140 Å². The maximum absolute atomic E-state index is 14.9. The molecule has 8 heteroatoms. The van der Waals surface area contributed by atoms with Crippen LogP contribution in [0.4, 0.5) is 0 Å². The zero-order valence-corrected chi connectivity index (χ0v) is 34.1. The third-order valence-electron chi connectivity index (χ3n) is 17.2. The van der Waals surface area contributed by atoms with Crippen LogP contribution in [-0.2, 0) is 14.3 Å². The summed E-state index contributed by atoms with van der Waals surface area (Å²) < 4.78 is 12.2. The van der Waals surface area contributed by atoms with Gasteiger partial charge in [-0.3, -0.25) is 19.2 Å². The highest BCUT2D eigenvalue weighted by molar-refractivity contribution is 6.30. The van der Waals surface area contributed by atoms with Gasteiger partial charge in [0.25, 0.3) is 0 Å². The normalized spacial score (nSPS) is 38.5. The van der Waals surface area contributed by atoms with Gasteiger partial charge in [0.05, 0.1) is 16.5 Å². The van der Waals surface area contributed by atoms with E-state index in [0.717, 1.165) is 44.9 Å². The summed E-state index contributed by atoms with van der Waals surface area (Å²) in [4.78, 5) is 54.3. The number of esters is 2. The molecule has 10 atom stereocenters. The van der Waals surface area contributed by atoms with E-state index in [1.165, 1.54) is 30.7 Å². The number of phenols is 2. The second-order valence-corrected chi connectivity index (χ2v) is 19.9. The Kier molecular flexibility index (Phi) is 8.47. The Balaban J connectivity index is 1.14. The van der Waals surface area contributed by atoms with Crippen molar-refractivity contribution in [1.29, 1.82) is 0 Å². The second kappa shape index (κ2) is 12.3. The summed E-state index contributed by atoms with van der Waals surface area (Å²) in [5, 5.41) is 22.2. The van der Waals surface area contributed by atoms with E-state index >= 15 is 0 Å². The number of hydrogen-bond donors (Lipinski definition) is 2. The Morgan fingerprint density at radius 2 is 1.55 bits per heavy atom. The summed E-state index contributed by atoms with van der Waals surface area (Å²) >= 11 is 0. The van der Waals surface area contributed by atoms with Crippen molar-refractivity contribution >= 4 is 23.5 Å². The molecule has 294 valence electrons. The van der Waals surface area contributed by atoms with Crippen LogP contribution in [0, 0.1) is 63.6 Å². The predicted molar refractivity (Wildman–Crippen MR) is 208 cm³/mol. The highest BCUT2D eigenvalue weighted by Gasteiger charge is 2.70. The lowest BCUT2D eigenvalue weighted by Crippen LogP contribution is -2.65. The molecule has 0 radical (unpaired) electrons. The van der Waals surface area contributed by atoms with Crippen LogP contribution in [0.2, 0.25) is 0 Å². The maximum atomic E-state index is 14.9. The molecular weight excluding hydrogens is 693 g/mol. The van der Waals surface area contributed by atoms with Crippen LogP contribution >= 0.6 is 0 Å². The number of ketones is 2. The van der Waals surface area contributed by atoms with Gasteiger partial charge in [-0.1, -0.05) is 60.1 Å². The van der Waals surface area contributed by atoms with Gasteiger partial charge in [0, 0.05) is 23.5 Å². The molecule has 4 saturated carbocycles. The molecule has 2 aromatic carbocycles. The van der Waals surface area contributed by atoms with Gasteiger partial charge in [0.1, 0.15) is 11.9 Å². The first-order chi connectivity index (χ1) is 25.7. The summed E-state index contributed by atoms with van der Waals surface area (Å²) in [7, 11) is 0. The molecule has 6 aliphatic rings. The molecule has 4 fully saturated rings. The molecule has 0 heterocycles. The first kappa shape index (κ1) is 38.0. The van der Waals surface area contributed by atoms with E-state index in [0.29, 0.717) is 36.2 Å². The predicted octanol–water partition coefficient (Wildman–Crippen LogP) is 9.68. The standard InChI is InChI=1S/C47H58O8/c1-24-22-29-36(31(49)23-24)41(52)37-28(39(29)50)10-12-32(40(37)51)55-42(53)47-19-14-25(2)26(3)38(47)30-11-13-34-44(7)17-16-35(54-27(4)48)43(5,6)33(44)15-18-46(34,9)45(30,8)20-21-47/h10-12,22-23,25-26,33-35,38,49,51H,13-21H2,1-9H3/t25-,26+,33?,34?,35+,38?,44+,45-,46-,47+/m1/s1. The quantitative estimate of drug-likeness (QED) is 0.154. The van der Waals surface area contributed by atoms with E-state index < -0.39 is 28.7 Å². The van der Waals surface area contributed by atoms with Crippen molar-refractivity contribution in [3.8, 4) is 17.2 Å². The Bertz CT molecular complexity index is 2080. The molecule has 8 rings (SSSR count). The first-order valence-corrected chi connectivity index (χ1v) is 20.6. The molecule has 2 N–H and O–H groups in total. The third-order valence-corrected chi connectivity index (χ3v) is 17.2. The van der Waals surface area contributed by atoms with E-state index in [1.54, 1.807) is 13.0 Å². The molecule has 0 aromatic heterocycles. The molecule has 0 saturated heterocycles. The molecular formula is C47H58O8. The summed E-state index contributed by atoms with van der Waals surface area (Å²) in [6, 6.07) is 5.86. The van der Waals surface area contributed by atoms with Gasteiger partial charge in [-0.15, -0.1) is 0 Å². The average Bonchev–Trinajstić information content (AvgIpc) is 3.10. The smallest absolute Gasteiger partial charge is 0.318 e. The van der Waals surface area contributed by atoms with E-state index in [9.17, 15) is 29.4 Å². The topological polar surface area (TPSA) is 127 Å². The third kappa shape index (κ3) is 5.00. The molecule has 2 aromatic rings. The molecule has 0 amide bonds. The number of fused-ring (bicyclic) bond motifs is 9. The summed E-state index contributed by atoms with van der Waals surface area (Å²) in [5.74, 6) is -1.31. The number of benzene rings is 2. The van der Waals surface area contributed by atoms with Crippen LogP contribution in [0.1, 0.15) is 151 Å². The molecule has 8 nitrogen and oxygen atoms in total. The number of carbonyl (C=O) groups is 4. The lowest BCUT2D eigenvalue weighted by Gasteiger charge is -2.71. The Labute approximate surface area is 325 Å². The fourth-order valence-electron chi connectivity index (χ4n) is 14.0. The first-order valence-electron chi connectivity index (χ1n) is 20.6. The van der Waals surface area contributed by atoms with Crippen molar-refractivity contribution in [2.45, 2.75) is 126 Å². The van der Waals surface area contributed by atoms with Crippen molar-refractivity contribution in [1.82, 2.24) is 0 Å². The van der Waals surface area contributed by atoms with Crippen LogP contribution in [0.25, 0.3) is 0 Å². The largest absolute Gasteiger partial charge is 0.507 e. The fraction of sp³-hybridized carbons (Fsp3) is 0.617. The SMILES string of the molecule is CC(=O)O[C@H]1CC[C@@]2(C)C(CC[C@]3(C)C2CC=C2C4[C@@H](C)[C@H](C)CC[C@]4(C(=O)Oc4ccc5c(c4O)C(=O)c4c(O)cc(C)cc4C5=O)CC[C@]23C)C1(C)C. The fourth-order valence-corrected chi connectivity index (χ4v) is 14.0. The molecule has 0 aliphatic heterocycles. The zero-order valence-electron chi connectivity index (χ0n) is 34.1. The highest BCUT2D eigenvalue weighted by atomic mass is 16.5. The van der Waals surface area contributed by atoms with E-state index in [4.69, 9.17) is 9.47 Å². The van der Waals surface area contributed by atoms with E-state index in [2.05, 4.69) is 54.5 Å². The number of allylic oxidation sites excluding steroid dienone is 2. The summed E-state index contributed by atoms with van der Waals surface area (Å²) in [5.41, 5.74) is 0.751. The van der Waals surface area contributed by atoms with Crippen LogP contribution in [-0.4, -0.2) is 39.8 Å². The van der Waals surface area contributed by atoms with Crippen LogP contribution in [0.15, 0.2) is 35.9 Å². The van der Waals surface area contributed by atoms with Crippen molar-refractivity contribution in [2.24, 2.45) is 56.7 Å². The van der Waals surface area contributed by atoms with Crippen LogP contribution in [0.3, 0.4) is 0 Å². The molecule has 0 spiro atoms. The number of phenolic OH excluding ortho intramolecular Hbond substituents is 2. The van der Waals surface area contributed by atoms with Gasteiger partial charge in [0.15, 0.2) is 17.3 Å². The minimum atomic E-state index is -0.809. The average molecular weight is 751 g/mol. The molecule has 0 bridgehead atoms. The minimum absolute atomic E-state index is 0.00715. The van der Waals surface area contributed by atoms with Crippen LogP contribution < -0.4 is 4.74 Å². The molecule has 6 aliphatic carbocycles. The van der Waals surface area contributed by atoms with Gasteiger partial charge < -0.3 is 19.7 Å². The number of aromatic hydroxyl groups is 2. The Hall–Kier alpha value is -3.94. The number of aryl methyl sites for hydroxylation is 1. The minimum Gasteiger partial charge on any atom is -0.507 e. The highest BCUT2D eigenvalue weighted by Crippen LogP contribution is 2.76. The monoisotopic (exact) mass is 750 g/mol. The van der Waals surface area contributed by atoms with Crippen molar-refractivity contribution in [3.05, 3.63) is 63.7 Å². The second-order valence-electron chi connectivity index (χ2n) is 19.9. The summed E-state index contributed by atoms with van der Waals surface area (Å²) in [6.45, 7) is 20.0. The van der Waals surface area contributed by atoms with Crippen molar-refractivity contribution in [3.63, 3.8) is 0 Å². The van der Waals surface area contributed by atoms with Gasteiger partial charge in [0.2, 0.25) is 5.78 Å². The van der Waals surface area contributed by atoms with Crippen molar-refractivity contribution < 1.29 is 38.9 Å². The zero-order chi connectivity index (χ0) is 39.8.